The average Bonchev–Trinajstić information content (AvgIpc) is 3.37. The number of nitrogens with one attached hydrogen (secondary N) is 1. The zero-order valence-electron chi connectivity index (χ0n) is 20.3. The minimum absolute atomic E-state index is 0.137. The molecule has 192 valence electrons. The van der Waals surface area contributed by atoms with Gasteiger partial charge in [-0.3, -0.25) is 0 Å². The number of likely N-dealkylation sites (tertiary alicyclic amines) is 1. The number of alkyl halides is 3. The first-order valence-electron chi connectivity index (χ1n) is 12.4. The molecule has 1 N–H and O–H groups in total. The molecule has 2 bridgehead atoms. The highest BCUT2D eigenvalue weighted by atomic mass is 19.3. The van der Waals surface area contributed by atoms with Crippen molar-refractivity contribution in [1.82, 2.24) is 19.8 Å². The Kier molecular flexibility index (Phi) is 5.62. The number of morpholine rings is 1. The summed E-state index contributed by atoms with van der Waals surface area (Å²) >= 11 is 0. The summed E-state index contributed by atoms with van der Waals surface area (Å²) in [6, 6.07) is 3.65. The lowest BCUT2D eigenvalue weighted by molar-refractivity contribution is 0.0520. The lowest BCUT2D eigenvalue weighted by Gasteiger charge is -2.39. The Hall–Kier alpha value is -2.88. The number of aryl methyl sites for hydroxylation is 1. The van der Waals surface area contributed by atoms with Crippen molar-refractivity contribution in [2.75, 3.05) is 25.1 Å². The molecule has 10 heteroatoms. The number of anilines is 1. The zero-order valence-corrected chi connectivity index (χ0v) is 20.3. The molecule has 1 aromatic heterocycles. The van der Waals surface area contributed by atoms with Gasteiger partial charge in [0, 0.05) is 30.4 Å². The summed E-state index contributed by atoms with van der Waals surface area (Å²) in [7, 11) is 0. The van der Waals surface area contributed by atoms with E-state index in [2.05, 4.69) is 20.1 Å². The van der Waals surface area contributed by atoms with Crippen LogP contribution in [0.5, 0.6) is 0 Å². The normalized spacial score (nSPS) is 24.7. The first-order valence-corrected chi connectivity index (χ1v) is 12.4. The predicted octanol–water partition coefficient (Wildman–Crippen LogP) is 5.12. The number of ether oxygens (including phenoxy) is 1. The Bertz CT molecular complexity index is 1220. The van der Waals surface area contributed by atoms with E-state index in [9.17, 15) is 17.6 Å². The van der Waals surface area contributed by atoms with E-state index in [1.807, 2.05) is 6.20 Å². The van der Waals surface area contributed by atoms with Crippen LogP contribution in [-0.4, -0.2) is 57.3 Å². The minimum atomic E-state index is -2.90. The van der Waals surface area contributed by atoms with Gasteiger partial charge >= 0.3 is 0 Å². The molecule has 1 saturated carbocycles. The van der Waals surface area contributed by atoms with Gasteiger partial charge < -0.3 is 19.9 Å². The molecule has 6 rings (SSSR count). The molecule has 4 aliphatic rings. The van der Waals surface area contributed by atoms with Gasteiger partial charge in [0.05, 0.1) is 47.3 Å². The highest BCUT2D eigenvalue weighted by Crippen LogP contribution is 2.48. The van der Waals surface area contributed by atoms with E-state index in [-0.39, 0.29) is 17.7 Å². The molecular weight excluding hydrogens is 474 g/mol. The first kappa shape index (κ1) is 23.5. The van der Waals surface area contributed by atoms with E-state index in [0.717, 1.165) is 48.8 Å². The first-order chi connectivity index (χ1) is 17.3. The van der Waals surface area contributed by atoms with E-state index >= 15 is 0 Å². The quantitative estimate of drug-likeness (QED) is 0.529. The lowest BCUT2D eigenvalue weighted by atomic mass is 10.0. The smallest absolute Gasteiger partial charge is 0.266 e. The van der Waals surface area contributed by atoms with Crippen LogP contribution in [0.3, 0.4) is 0 Å². The summed E-state index contributed by atoms with van der Waals surface area (Å²) < 4.78 is 61.4. The minimum Gasteiger partial charge on any atom is -0.374 e. The molecule has 4 heterocycles. The second-order valence-corrected chi connectivity index (χ2v) is 10.4. The van der Waals surface area contributed by atoms with Gasteiger partial charge in [0.25, 0.3) is 6.43 Å². The molecule has 0 radical (unpaired) electrons. The summed E-state index contributed by atoms with van der Waals surface area (Å²) in [4.78, 5) is 13.8. The van der Waals surface area contributed by atoms with Crippen LogP contribution in [0, 0.1) is 12.7 Å². The van der Waals surface area contributed by atoms with Crippen LogP contribution in [0.25, 0.3) is 5.70 Å². The van der Waals surface area contributed by atoms with Crippen molar-refractivity contribution in [3.63, 3.8) is 0 Å². The topological polar surface area (TPSA) is 53.5 Å². The second kappa shape index (κ2) is 8.61. The highest BCUT2D eigenvalue weighted by molar-refractivity contribution is 5.71. The zero-order chi connectivity index (χ0) is 25.2. The Morgan fingerprint density at radius 2 is 2.00 bits per heavy atom. The number of hydrogen-bond donors (Lipinski definition) is 1. The Morgan fingerprint density at radius 3 is 2.64 bits per heavy atom. The molecule has 0 spiro atoms. The van der Waals surface area contributed by atoms with Gasteiger partial charge in [-0.25, -0.2) is 27.5 Å². The van der Waals surface area contributed by atoms with Crippen molar-refractivity contribution in [3.05, 3.63) is 58.4 Å². The average molecular weight is 504 g/mol. The molecule has 3 atom stereocenters. The third-order valence-corrected chi connectivity index (χ3v) is 7.98. The number of hydrogen-bond acceptors (Lipinski definition) is 6. The van der Waals surface area contributed by atoms with E-state index in [4.69, 9.17) is 9.72 Å². The maximum atomic E-state index is 14.9. The summed E-state index contributed by atoms with van der Waals surface area (Å²) in [6.07, 6.45) is 1.82. The molecular formula is C26H29F4N5O. The fraction of sp³-hybridized carbons (Fsp3) is 0.538. The molecule has 2 saturated heterocycles. The van der Waals surface area contributed by atoms with Crippen molar-refractivity contribution >= 4 is 11.5 Å². The Balaban J connectivity index is 1.39. The van der Waals surface area contributed by atoms with Crippen LogP contribution in [-0.2, 0) is 11.3 Å². The van der Waals surface area contributed by atoms with Crippen LogP contribution in [0.4, 0.5) is 23.4 Å². The Labute approximate surface area is 207 Å². The van der Waals surface area contributed by atoms with Crippen molar-refractivity contribution in [2.24, 2.45) is 0 Å². The molecule has 36 heavy (non-hydrogen) atoms. The Morgan fingerprint density at radius 1 is 1.22 bits per heavy atom. The van der Waals surface area contributed by atoms with Gasteiger partial charge in [-0.15, -0.1) is 0 Å². The van der Waals surface area contributed by atoms with Gasteiger partial charge in [0.1, 0.15) is 24.1 Å². The van der Waals surface area contributed by atoms with Crippen LogP contribution < -0.4 is 5.32 Å². The number of rotatable bonds is 7. The summed E-state index contributed by atoms with van der Waals surface area (Å²) in [5, 5.41) is 3.26. The summed E-state index contributed by atoms with van der Waals surface area (Å²) in [6.45, 7) is 4.88. The number of nitrogens with zero attached hydrogens (tertiary/aromatic N) is 4. The fourth-order valence-corrected chi connectivity index (χ4v) is 5.71. The molecule has 6 nitrogen and oxygen atoms in total. The van der Waals surface area contributed by atoms with Gasteiger partial charge in [-0.05, 0) is 33.1 Å². The standard InChI is InChI=1S/C26H29F4N5O/c1-14(18-4-3-5-19(22(18)28)24(29)30)31-25-20-10-34(26(13-27)6-7-26)11-21(23(20)32-15(2)33-25)35-9-17-8-16(35)12-36-17/h3-5,11,14,16-17,24H,6-10,12-13H2,1-2H3,(H,31,32,33)/t14-,16-,17-/m1/s1. The molecule has 0 unspecified atom stereocenters. The van der Waals surface area contributed by atoms with Crippen molar-refractivity contribution in [3.8, 4) is 0 Å². The van der Waals surface area contributed by atoms with Crippen LogP contribution >= 0.6 is 0 Å². The monoisotopic (exact) mass is 503 g/mol. The maximum Gasteiger partial charge on any atom is 0.266 e. The van der Waals surface area contributed by atoms with Gasteiger partial charge in [0.15, 0.2) is 0 Å². The van der Waals surface area contributed by atoms with Crippen molar-refractivity contribution < 1.29 is 22.3 Å². The molecule has 3 fully saturated rings. The van der Waals surface area contributed by atoms with E-state index in [1.54, 1.807) is 13.8 Å². The number of aromatic nitrogens is 2. The largest absolute Gasteiger partial charge is 0.374 e. The van der Waals surface area contributed by atoms with Crippen LogP contribution in [0.15, 0.2) is 24.4 Å². The van der Waals surface area contributed by atoms with Crippen molar-refractivity contribution in [1.29, 1.82) is 0 Å². The second-order valence-electron chi connectivity index (χ2n) is 10.4. The third kappa shape index (κ3) is 3.81. The van der Waals surface area contributed by atoms with Crippen LogP contribution in [0.1, 0.15) is 66.9 Å². The van der Waals surface area contributed by atoms with E-state index < -0.39 is 36.1 Å². The van der Waals surface area contributed by atoms with Gasteiger partial charge in [-0.2, -0.15) is 0 Å². The lowest BCUT2D eigenvalue weighted by Crippen LogP contribution is -2.42. The maximum absolute atomic E-state index is 14.9. The van der Waals surface area contributed by atoms with E-state index in [0.29, 0.717) is 24.8 Å². The van der Waals surface area contributed by atoms with Crippen LogP contribution in [0.2, 0.25) is 0 Å². The fourth-order valence-electron chi connectivity index (χ4n) is 5.71. The third-order valence-electron chi connectivity index (χ3n) is 7.98. The SMILES string of the molecule is Cc1nc(N[C@H](C)c2cccc(C(F)F)c2F)c2c(n1)C(N1C[C@H]3C[C@@H]1CO3)=CN(C1(CF)CC1)C2. The van der Waals surface area contributed by atoms with Crippen molar-refractivity contribution in [2.45, 2.75) is 69.8 Å². The number of benzene rings is 1. The number of halogens is 4. The summed E-state index contributed by atoms with van der Waals surface area (Å²) in [5.41, 5.74) is 1.50. The van der Waals surface area contributed by atoms with Gasteiger partial charge in [-0.1, -0.05) is 18.2 Å². The molecule has 0 amide bonds. The molecule has 1 aromatic carbocycles. The van der Waals surface area contributed by atoms with Gasteiger partial charge in [0.2, 0.25) is 0 Å². The number of fused-ring (bicyclic) bond motifs is 3. The predicted molar refractivity (Wildman–Crippen MR) is 126 cm³/mol. The summed E-state index contributed by atoms with van der Waals surface area (Å²) in [5.74, 6) is 0.131. The van der Waals surface area contributed by atoms with E-state index in [1.165, 1.54) is 12.1 Å². The highest BCUT2D eigenvalue weighted by Gasteiger charge is 2.50. The molecule has 3 aliphatic heterocycles. The molecule has 1 aliphatic carbocycles. The molecule has 2 aromatic rings.